The van der Waals surface area contributed by atoms with Gasteiger partial charge in [0.2, 0.25) is 5.91 Å². The van der Waals surface area contributed by atoms with Gasteiger partial charge in [-0.15, -0.1) is 24.5 Å². The van der Waals surface area contributed by atoms with Gasteiger partial charge in [-0.25, -0.2) is 4.79 Å². The van der Waals surface area contributed by atoms with Gasteiger partial charge in [0.25, 0.3) is 5.91 Å². The number of esters is 1. The molecule has 0 aliphatic heterocycles. The molecule has 0 spiro atoms. The Hall–Kier alpha value is -3.08. The fraction of sp³-hybridized carbons (Fsp3) is 0.350. The highest BCUT2D eigenvalue weighted by Gasteiger charge is 2.31. The molecule has 2 amide bonds. The molecule has 1 aliphatic carbocycles. The van der Waals surface area contributed by atoms with Crippen molar-refractivity contribution in [1.29, 1.82) is 0 Å². The van der Waals surface area contributed by atoms with Crippen LogP contribution >= 0.6 is 11.3 Å². The highest BCUT2D eigenvalue weighted by Crippen LogP contribution is 2.38. The van der Waals surface area contributed by atoms with E-state index in [9.17, 15) is 27.6 Å². The molecular formula is C20H19F3N2O5S. The summed E-state index contributed by atoms with van der Waals surface area (Å²) in [6, 6.07) is 4.55. The first-order valence-electron chi connectivity index (χ1n) is 9.37. The summed E-state index contributed by atoms with van der Waals surface area (Å²) < 4.78 is 45.4. The number of halogens is 3. The van der Waals surface area contributed by atoms with Gasteiger partial charge in [-0.2, -0.15) is 0 Å². The predicted octanol–water partition coefficient (Wildman–Crippen LogP) is 4.28. The lowest BCUT2D eigenvalue weighted by Crippen LogP contribution is -2.22. The Kier molecular flexibility index (Phi) is 6.84. The maximum atomic E-state index is 12.6. The van der Waals surface area contributed by atoms with Crippen LogP contribution in [0.25, 0.3) is 0 Å². The maximum absolute atomic E-state index is 12.6. The Morgan fingerprint density at radius 1 is 1.06 bits per heavy atom. The van der Waals surface area contributed by atoms with Gasteiger partial charge in [0, 0.05) is 17.5 Å². The molecule has 1 heterocycles. The van der Waals surface area contributed by atoms with E-state index in [-0.39, 0.29) is 17.2 Å². The molecule has 0 fully saturated rings. The molecule has 31 heavy (non-hydrogen) atoms. The number of carbonyl (C=O) groups is 3. The zero-order valence-electron chi connectivity index (χ0n) is 16.4. The first kappa shape index (κ1) is 22.6. The van der Waals surface area contributed by atoms with Crippen molar-refractivity contribution < 1.29 is 37.0 Å². The average molecular weight is 456 g/mol. The van der Waals surface area contributed by atoms with E-state index in [0.717, 1.165) is 41.8 Å². The minimum Gasteiger partial charge on any atom is -0.452 e. The number of benzene rings is 1. The van der Waals surface area contributed by atoms with Crippen molar-refractivity contribution in [3.05, 3.63) is 40.3 Å². The van der Waals surface area contributed by atoms with Crippen LogP contribution in [0.2, 0.25) is 0 Å². The zero-order valence-corrected chi connectivity index (χ0v) is 17.2. The van der Waals surface area contributed by atoms with Gasteiger partial charge in [0.15, 0.2) is 6.61 Å². The highest BCUT2D eigenvalue weighted by molar-refractivity contribution is 7.17. The first-order valence-corrected chi connectivity index (χ1v) is 10.2. The molecule has 0 bridgehead atoms. The van der Waals surface area contributed by atoms with Crippen molar-refractivity contribution in [3.8, 4) is 5.75 Å². The molecule has 0 unspecified atom stereocenters. The van der Waals surface area contributed by atoms with Crippen LogP contribution in [0.5, 0.6) is 5.75 Å². The van der Waals surface area contributed by atoms with Crippen LogP contribution in [-0.2, 0) is 27.2 Å². The Morgan fingerprint density at radius 3 is 2.39 bits per heavy atom. The maximum Gasteiger partial charge on any atom is 0.573 e. The smallest absolute Gasteiger partial charge is 0.452 e. The van der Waals surface area contributed by atoms with E-state index in [1.807, 2.05) is 0 Å². The number of alkyl halides is 3. The van der Waals surface area contributed by atoms with E-state index < -0.39 is 30.6 Å². The fourth-order valence-corrected chi connectivity index (χ4v) is 4.49. The Labute approximate surface area is 179 Å². The molecule has 0 radical (unpaired) electrons. The second-order valence-corrected chi connectivity index (χ2v) is 7.90. The third kappa shape index (κ3) is 6.20. The summed E-state index contributed by atoms with van der Waals surface area (Å²) in [4.78, 5) is 37.2. The van der Waals surface area contributed by atoms with Crippen LogP contribution in [0, 0.1) is 0 Å². The van der Waals surface area contributed by atoms with Gasteiger partial charge in [-0.1, -0.05) is 0 Å². The normalized spacial score (nSPS) is 13.2. The van der Waals surface area contributed by atoms with Crippen LogP contribution in [0.3, 0.4) is 0 Å². The molecule has 0 atom stereocenters. The molecule has 7 nitrogen and oxygen atoms in total. The van der Waals surface area contributed by atoms with Crippen molar-refractivity contribution in [1.82, 2.24) is 0 Å². The van der Waals surface area contributed by atoms with Crippen molar-refractivity contribution in [2.24, 2.45) is 0 Å². The van der Waals surface area contributed by atoms with Crippen molar-refractivity contribution in [2.45, 2.75) is 39.0 Å². The lowest BCUT2D eigenvalue weighted by Gasteiger charge is -2.13. The van der Waals surface area contributed by atoms with Crippen molar-refractivity contribution >= 4 is 39.8 Å². The summed E-state index contributed by atoms with van der Waals surface area (Å²) in [5.41, 5.74) is 1.32. The van der Waals surface area contributed by atoms with E-state index in [2.05, 4.69) is 15.4 Å². The average Bonchev–Trinajstić information content (AvgIpc) is 3.03. The van der Waals surface area contributed by atoms with E-state index in [1.165, 1.54) is 30.4 Å². The van der Waals surface area contributed by atoms with Crippen LogP contribution in [-0.4, -0.2) is 30.8 Å². The van der Waals surface area contributed by atoms with Gasteiger partial charge >= 0.3 is 12.3 Å². The van der Waals surface area contributed by atoms with Crippen LogP contribution in [0.4, 0.5) is 23.9 Å². The summed E-state index contributed by atoms with van der Waals surface area (Å²) >= 11 is 1.34. The van der Waals surface area contributed by atoms with Gasteiger partial charge in [0.05, 0.1) is 5.56 Å². The van der Waals surface area contributed by atoms with Crippen molar-refractivity contribution in [3.63, 3.8) is 0 Å². The number of fused-ring (bicyclic) bond motifs is 1. The van der Waals surface area contributed by atoms with E-state index >= 15 is 0 Å². The second-order valence-electron chi connectivity index (χ2n) is 6.79. The third-order valence-corrected chi connectivity index (χ3v) is 5.58. The summed E-state index contributed by atoms with van der Waals surface area (Å²) in [5, 5.41) is 5.48. The van der Waals surface area contributed by atoms with E-state index in [1.54, 1.807) is 0 Å². The SMILES string of the molecule is CC(=O)Nc1sc2c(c1C(=O)OCC(=O)Nc1ccc(OC(F)(F)F)cc1)CCCC2. The van der Waals surface area contributed by atoms with E-state index in [4.69, 9.17) is 4.74 Å². The molecule has 3 rings (SSSR count). The summed E-state index contributed by atoms with van der Waals surface area (Å²) in [5.74, 6) is -2.12. The van der Waals surface area contributed by atoms with Gasteiger partial charge in [0.1, 0.15) is 10.8 Å². The quantitative estimate of drug-likeness (QED) is 0.633. The fourth-order valence-electron chi connectivity index (χ4n) is 3.17. The number of amides is 2. The molecule has 2 N–H and O–H groups in total. The van der Waals surface area contributed by atoms with Crippen molar-refractivity contribution in [2.75, 3.05) is 17.2 Å². The van der Waals surface area contributed by atoms with Crippen LogP contribution < -0.4 is 15.4 Å². The summed E-state index contributed by atoms with van der Waals surface area (Å²) in [7, 11) is 0. The number of hydrogen-bond donors (Lipinski definition) is 2. The minimum atomic E-state index is -4.81. The molecular weight excluding hydrogens is 437 g/mol. The Bertz CT molecular complexity index is 986. The van der Waals surface area contributed by atoms with Gasteiger partial charge < -0.3 is 20.1 Å². The number of aryl methyl sites for hydroxylation is 1. The molecule has 2 aromatic rings. The second kappa shape index (κ2) is 9.38. The summed E-state index contributed by atoms with van der Waals surface area (Å²) in [6.07, 6.45) is -1.40. The zero-order chi connectivity index (χ0) is 22.6. The number of anilines is 2. The Balaban J connectivity index is 1.61. The monoisotopic (exact) mass is 456 g/mol. The third-order valence-electron chi connectivity index (χ3n) is 4.37. The van der Waals surface area contributed by atoms with E-state index in [0.29, 0.717) is 11.4 Å². The lowest BCUT2D eigenvalue weighted by molar-refractivity contribution is -0.274. The van der Waals surface area contributed by atoms with Crippen LogP contribution in [0.1, 0.15) is 40.6 Å². The molecule has 0 saturated carbocycles. The van der Waals surface area contributed by atoms with Gasteiger partial charge in [-0.3, -0.25) is 9.59 Å². The largest absolute Gasteiger partial charge is 0.573 e. The predicted molar refractivity (Wildman–Crippen MR) is 107 cm³/mol. The number of nitrogens with one attached hydrogen (secondary N) is 2. The van der Waals surface area contributed by atoms with Crippen LogP contribution in [0.15, 0.2) is 24.3 Å². The number of hydrogen-bond acceptors (Lipinski definition) is 6. The molecule has 1 aromatic heterocycles. The minimum absolute atomic E-state index is 0.211. The number of thiophene rings is 1. The van der Waals surface area contributed by atoms with Gasteiger partial charge in [-0.05, 0) is 55.5 Å². The highest BCUT2D eigenvalue weighted by atomic mass is 32.1. The lowest BCUT2D eigenvalue weighted by atomic mass is 9.95. The standard InChI is InChI=1S/C20H19F3N2O5S/c1-11(26)24-18-17(14-4-2-3-5-15(14)31-18)19(28)29-10-16(27)25-12-6-8-13(9-7-12)30-20(21,22)23/h6-9H,2-5,10H2,1H3,(H,24,26)(H,25,27). The number of carbonyl (C=O) groups excluding carboxylic acids is 3. The first-order chi connectivity index (χ1) is 14.6. The molecule has 0 saturated heterocycles. The number of ether oxygens (including phenoxy) is 2. The summed E-state index contributed by atoms with van der Waals surface area (Å²) in [6.45, 7) is 0.746. The molecule has 11 heteroatoms. The number of rotatable bonds is 6. The topological polar surface area (TPSA) is 93.7 Å². The molecule has 1 aliphatic rings. The molecule has 166 valence electrons. The molecule has 1 aromatic carbocycles. The Morgan fingerprint density at radius 2 is 1.74 bits per heavy atom.